The zero-order chi connectivity index (χ0) is 18.8. The Bertz CT molecular complexity index is 967. The van der Waals surface area contributed by atoms with Gasteiger partial charge in [-0.2, -0.15) is 0 Å². The van der Waals surface area contributed by atoms with Crippen molar-refractivity contribution in [1.82, 2.24) is 0 Å². The number of carbonyl (C=O) groups is 1. The molecule has 3 aromatic carbocycles. The van der Waals surface area contributed by atoms with E-state index in [0.29, 0.717) is 16.9 Å². The second-order valence-corrected chi connectivity index (χ2v) is 7.98. The van der Waals surface area contributed by atoms with Crippen LogP contribution in [0.2, 0.25) is 0 Å². The minimum absolute atomic E-state index is 0.207. The average molecular weight is 378 g/mol. The molecule has 1 saturated carbocycles. The molecule has 3 nitrogen and oxygen atoms in total. The van der Waals surface area contributed by atoms with Crippen molar-refractivity contribution in [3.8, 4) is 11.1 Å². The summed E-state index contributed by atoms with van der Waals surface area (Å²) in [5.41, 5.74) is 9.34. The molecule has 5 heteroatoms. The van der Waals surface area contributed by atoms with Crippen molar-refractivity contribution < 1.29 is 9.18 Å². The number of nitrogen functional groups attached to an aromatic ring is 1. The summed E-state index contributed by atoms with van der Waals surface area (Å²) in [6.45, 7) is 0. The molecule has 1 fully saturated rings. The zero-order valence-corrected chi connectivity index (χ0v) is 15.4. The first-order valence-corrected chi connectivity index (χ1v) is 9.70. The van der Waals surface area contributed by atoms with Crippen molar-refractivity contribution >= 4 is 29.0 Å². The summed E-state index contributed by atoms with van der Waals surface area (Å²) in [4.78, 5) is 13.8. The standard InChI is InChI=1S/C22H19FN2OS/c23-17-6-1-14(2-7-17)16-5-12-20(24)21(13-16)25-22(26)15-3-8-18(9-4-15)27-19-10-11-19/h1-9,12-13,19H,10-11,24H2,(H,25,26). The Kier molecular flexibility index (Phi) is 4.86. The Morgan fingerprint density at radius 2 is 1.63 bits per heavy atom. The van der Waals surface area contributed by atoms with Crippen LogP contribution in [0.4, 0.5) is 15.8 Å². The topological polar surface area (TPSA) is 55.1 Å². The molecule has 0 atom stereocenters. The molecule has 0 saturated heterocycles. The molecule has 3 aromatic rings. The van der Waals surface area contributed by atoms with Gasteiger partial charge in [0.2, 0.25) is 0 Å². The summed E-state index contributed by atoms with van der Waals surface area (Å²) in [5.74, 6) is -0.494. The SMILES string of the molecule is Nc1ccc(-c2ccc(F)cc2)cc1NC(=O)c1ccc(SC2CC2)cc1. The third-order valence-electron chi connectivity index (χ3n) is 4.42. The second-order valence-electron chi connectivity index (χ2n) is 6.60. The van der Waals surface area contributed by atoms with Gasteiger partial charge in [0.15, 0.2) is 0 Å². The van der Waals surface area contributed by atoms with Crippen molar-refractivity contribution in [2.45, 2.75) is 23.0 Å². The summed E-state index contributed by atoms with van der Waals surface area (Å²) < 4.78 is 13.1. The molecule has 3 N–H and O–H groups in total. The highest BCUT2D eigenvalue weighted by Gasteiger charge is 2.22. The number of thioether (sulfide) groups is 1. The highest BCUT2D eigenvalue weighted by Crippen LogP contribution is 2.39. The molecule has 0 radical (unpaired) electrons. The van der Waals surface area contributed by atoms with E-state index in [9.17, 15) is 9.18 Å². The maximum absolute atomic E-state index is 13.1. The normalized spacial score (nSPS) is 13.4. The smallest absolute Gasteiger partial charge is 0.255 e. The summed E-state index contributed by atoms with van der Waals surface area (Å²) in [6, 6.07) is 19.2. The first-order valence-electron chi connectivity index (χ1n) is 8.82. The lowest BCUT2D eigenvalue weighted by molar-refractivity contribution is 0.102. The van der Waals surface area contributed by atoms with Crippen LogP contribution in [0, 0.1) is 5.82 Å². The molecule has 0 aromatic heterocycles. The van der Waals surface area contributed by atoms with Crippen molar-refractivity contribution in [2.75, 3.05) is 11.1 Å². The van der Waals surface area contributed by atoms with Crippen molar-refractivity contribution in [1.29, 1.82) is 0 Å². The van der Waals surface area contributed by atoms with Crippen LogP contribution < -0.4 is 11.1 Å². The minimum atomic E-state index is -0.286. The lowest BCUT2D eigenvalue weighted by atomic mass is 10.0. The lowest BCUT2D eigenvalue weighted by Gasteiger charge is -2.11. The molecule has 4 rings (SSSR count). The molecule has 1 aliphatic rings. The first-order chi connectivity index (χ1) is 13.1. The van der Waals surface area contributed by atoms with E-state index in [-0.39, 0.29) is 11.7 Å². The van der Waals surface area contributed by atoms with Gasteiger partial charge in [0.1, 0.15) is 5.82 Å². The van der Waals surface area contributed by atoms with Crippen LogP contribution >= 0.6 is 11.8 Å². The maximum atomic E-state index is 13.1. The molecule has 27 heavy (non-hydrogen) atoms. The number of anilines is 2. The number of amides is 1. The minimum Gasteiger partial charge on any atom is -0.397 e. The molecule has 1 amide bonds. The molecule has 0 bridgehead atoms. The van der Waals surface area contributed by atoms with Crippen molar-refractivity contribution in [3.05, 3.63) is 78.1 Å². The van der Waals surface area contributed by atoms with Gasteiger partial charge in [0.25, 0.3) is 5.91 Å². The van der Waals surface area contributed by atoms with Gasteiger partial charge in [-0.3, -0.25) is 4.79 Å². The molecule has 0 unspecified atom stereocenters. The second kappa shape index (κ2) is 7.45. The van der Waals surface area contributed by atoms with Crippen LogP contribution in [-0.4, -0.2) is 11.2 Å². The summed E-state index contributed by atoms with van der Waals surface area (Å²) in [7, 11) is 0. The van der Waals surface area contributed by atoms with Gasteiger partial charge in [-0.1, -0.05) is 18.2 Å². The summed E-state index contributed by atoms with van der Waals surface area (Å²) >= 11 is 1.86. The zero-order valence-electron chi connectivity index (χ0n) is 14.6. The van der Waals surface area contributed by atoms with E-state index in [2.05, 4.69) is 5.32 Å². The van der Waals surface area contributed by atoms with Gasteiger partial charge in [-0.25, -0.2) is 4.39 Å². The molecule has 0 aliphatic heterocycles. The number of rotatable bonds is 5. The first kappa shape index (κ1) is 17.6. The van der Waals surface area contributed by atoms with Gasteiger partial charge < -0.3 is 11.1 Å². The van der Waals surface area contributed by atoms with Crippen LogP contribution in [0.1, 0.15) is 23.2 Å². The van der Waals surface area contributed by atoms with Gasteiger partial charge in [-0.15, -0.1) is 11.8 Å². The lowest BCUT2D eigenvalue weighted by Crippen LogP contribution is -2.13. The van der Waals surface area contributed by atoms with Gasteiger partial charge in [0, 0.05) is 15.7 Å². The largest absolute Gasteiger partial charge is 0.397 e. The number of carbonyl (C=O) groups excluding carboxylic acids is 1. The number of hydrogen-bond donors (Lipinski definition) is 2. The van der Waals surface area contributed by atoms with Gasteiger partial charge >= 0.3 is 0 Å². The van der Waals surface area contributed by atoms with Gasteiger partial charge in [-0.05, 0) is 72.5 Å². The maximum Gasteiger partial charge on any atom is 0.255 e. The van der Waals surface area contributed by atoms with Crippen LogP contribution in [-0.2, 0) is 0 Å². The molecule has 1 aliphatic carbocycles. The van der Waals surface area contributed by atoms with Crippen LogP contribution in [0.5, 0.6) is 0 Å². The van der Waals surface area contributed by atoms with E-state index in [0.717, 1.165) is 16.4 Å². The molecule has 0 spiro atoms. The Morgan fingerprint density at radius 1 is 0.963 bits per heavy atom. The van der Waals surface area contributed by atoms with Crippen molar-refractivity contribution in [3.63, 3.8) is 0 Å². The van der Waals surface area contributed by atoms with E-state index < -0.39 is 0 Å². The van der Waals surface area contributed by atoms with E-state index in [1.165, 1.54) is 29.9 Å². The fourth-order valence-electron chi connectivity index (χ4n) is 2.74. The number of nitrogens with one attached hydrogen (secondary N) is 1. The Hall–Kier alpha value is -2.79. The van der Waals surface area contributed by atoms with Crippen LogP contribution in [0.15, 0.2) is 71.6 Å². The fourth-order valence-corrected chi connectivity index (χ4v) is 3.79. The monoisotopic (exact) mass is 378 g/mol. The highest BCUT2D eigenvalue weighted by molar-refractivity contribution is 8.00. The molecule has 136 valence electrons. The third-order valence-corrected chi connectivity index (χ3v) is 5.77. The Labute approximate surface area is 161 Å². The Morgan fingerprint density at radius 3 is 2.30 bits per heavy atom. The van der Waals surface area contributed by atoms with Gasteiger partial charge in [0.05, 0.1) is 11.4 Å². The third kappa shape index (κ3) is 4.31. The quantitative estimate of drug-likeness (QED) is 0.570. The van der Waals surface area contributed by atoms with E-state index in [1.54, 1.807) is 24.3 Å². The van der Waals surface area contributed by atoms with E-state index >= 15 is 0 Å². The average Bonchev–Trinajstić information content (AvgIpc) is 3.49. The number of benzene rings is 3. The molecule has 0 heterocycles. The fraction of sp³-hybridized carbons (Fsp3) is 0.136. The summed E-state index contributed by atoms with van der Waals surface area (Å²) in [5, 5.41) is 3.61. The van der Waals surface area contributed by atoms with Crippen LogP contribution in [0.25, 0.3) is 11.1 Å². The molecular weight excluding hydrogens is 359 g/mol. The van der Waals surface area contributed by atoms with E-state index in [1.807, 2.05) is 42.1 Å². The number of halogens is 1. The highest BCUT2D eigenvalue weighted by atomic mass is 32.2. The van der Waals surface area contributed by atoms with Crippen LogP contribution in [0.3, 0.4) is 0 Å². The Balaban J connectivity index is 1.51. The number of hydrogen-bond acceptors (Lipinski definition) is 3. The van der Waals surface area contributed by atoms with Crippen molar-refractivity contribution in [2.24, 2.45) is 0 Å². The predicted molar refractivity (Wildman–Crippen MR) is 110 cm³/mol. The van der Waals surface area contributed by atoms with E-state index in [4.69, 9.17) is 5.73 Å². The summed E-state index contributed by atoms with van der Waals surface area (Å²) in [6.07, 6.45) is 2.55. The predicted octanol–water partition coefficient (Wildman–Crippen LogP) is 5.58. The number of nitrogens with two attached hydrogens (primary N) is 1. The molecular formula is C22H19FN2OS.